The van der Waals surface area contributed by atoms with E-state index in [0.29, 0.717) is 19.4 Å². The molecule has 0 unspecified atom stereocenters. The number of hydrogen-bond acceptors (Lipinski definition) is 7. The van der Waals surface area contributed by atoms with Crippen LogP contribution in [0.15, 0.2) is 53.4 Å². The third-order valence-electron chi connectivity index (χ3n) is 5.24. The summed E-state index contributed by atoms with van der Waals surface area (Å²) < 4.78 is 36.6. The number of anilines is 1. The molecule has 170 valence electrons. The Labute approximate surface area is 186 Å². The summed E-state index contributed by atoms with van der Waals surface area (Å²) in [6.45, 7) is 0.319. The van der Waals surface area contributed by atoms with Crippen LogP contribution >= 0.6 is 0 Å². The Bertz CT molecular complexity index is 1120. The van der Waals surface area contributed by atoms with Crippen molar-refractivity contribution in [2.24, 2.45) is 5.92 Å². The molecular formula is C22H24N2O7S. The van der Waals surface area contributed by atoms with Crippen LogP contribution < -0.4 is 5.32 Å². The summed E-state index contributed by atoms with van der Waals surface area (Å²) in [4.78, 5) is 37.1. The highest BCUT2D eigenvalue weighted by Crippen LogP contribution is 2.26. The summed E-state index contributed by atoms with van der Waals surface area (Å²) in [6, 6.07) is 12.1. The maximum absolute atomic E-state index is 13.0. The average molecular weight is 461 g/mol. The van der Waals surface area contributed by atoms with E-state index in [-0.39, 0.29) is 28.3 Å². The summed E-state index contributed by atoms with van der Waals surface area (Å²) in [5.41, 5.74) is 0.304. The smallest absolute Gasteiger partial charge is 0.339 e. The first-order valence-corrected chi connectivity index (χ1v) is 11.4. The van der Waals surface area contributed by atoms with Crippen molar-refractivity contribution in [3.8, 4) is 0 Å². The van der Waals surface area contributed by atoms with Crippen molar-refractivity contribution in [2.75, 3.05) is 32.6 Å². The molecular weight excluding hydrogens is 436 g/mol. The van der Waals surface area contributed by atoms with Gasteiger partial charge in [0.05, 0.1) is 41.8 Å². The number of sulfonamides is 1. The fourth-order valence-corrected chi connectivity index (χ4v) is 5.08. The number of nitrogens with one attached hydrogen (secondary N) is 1. The molecule has 2 aromatic rings. The molecule has 0 aliphatic carbocycles. The van der Waals surface area contributed by atoms with Gasteiger partial charge in [0.2, 0.25) is 15.9 Å². The quantitative estimate of drug-likeness (QED) is 0.657. The van der Waals surface area contributed by atoms with Crippen molar-refractivity contribution in [2.45, 2.75) is 17.7 Å². The van der Waals surface area contributed by atoms with Gasteiger partial charge in [0.25, 0.3) is 0 Å². The van der Waals surface area contributed by atoms with Crippen LogP contribution in [0.4, 0.5) is 5.69 Å². The average Bonchev–Trinajstić information content (AvgIpc) is 2.83. The van der Waals surface area contributed by atoms with Crippen LogP contribution in [-0.4, -0.2) is 57.9 Å². The molecule has 3 rings (SSSR count). The van der Waals surface area contributed by atoms with Crippen molar-refractivity contribution in [3.63, 3.8) is 0 Å². The molecule has 0 spiro atoms. The zero-order valence-corrected chi connectivity index (χ0v) is 18.6. The standard InChI is InChI=1S/C22H24N2O7S/c1-30-21(26)15-10-11-18(22(27)31-2)19(13-15)23-20(25)16-7-6-12-24(14-16)32(28,29)17-8-4-3-5-9-17/h3-5,8-11,13,16H,6-7,12,14H2,1-2H3,(H,23,25)/t16-/m0/s1. The number of nitrogens with zero attached hydrogens (tertiary/aromatic N) is 1. The molecule has 0 saturated carbocycles. The predicted molar refractivity (Wildman–Crippen MR) is 116 cm³/mol. The van der Waals surface area contributed by atoms with Crippen LogP contribution in [0.3, 0.4) is 0 Å². The molecule has 2 aromatic carbocycles. The van der Waals surface area contributed by atoms with Crippen LogP contribution in [-0.2, 0) is 24.3 Å². The number of amides is 1. The topological polar surface area (TPSA) is 119 Å². The SMILES string of the molecule is COC(=O)c1ccc(C(=O)OC)c(NC(=O)[C@H]2CCCN(S(=O)(=O)c3ccccc3)C2)c1. The first kappa shape index (κ1) is 23.4. The zero-order valence-electron chi connectivity index (χ0n) is 17.7. The molecule has 1 fully saturated rings. The molecule has 1 amide bonds. The minimum absolute atomic E-state index is 0.00725. The Kier molecular flexibility index (Phi) is 7.26. The second-order valence-corrected chi connectivity index (χ2v) is 9.19. The fraction of sp³-hybridized carbons (Fsp3) is 0.318. The second-order valence-electron chi connectivity index (χ2n) is 7.25. The van der Waals surface area contributed by atoms with Gasteiger partial charge in [-0.25, -0.2) is 18.0 Å². The third-order valence-corrected chi connectivity index (χ3v) is 7.12. The number of hydrogen-bond donors (Lipinski definition) is 1. The van der Waals surface area contributed by atoms with Crippen molar-refractivity contribution < 1.29 is 32.3 Å². The molecule has 1 N–H and O–H groups in total. The molecule has 0 bridgehead atoms. The van der Waals surface area contributed by atoms with E-state index in [9.17, 15) is 22.8 Å². The van der Waals surface area contributed by atoms with E-state index in [4.69, 9.17) is 9.47 Å². The highest BCUT2D eigenvalue weighted by molar-refractivity contribution is 7.89. The normalized spacial score (nSPS) is 16.8. The van der Waals surface area contributed by atoms with Crippen LogP contribution in [0.5, 0.6) is 0 Å². The molecule has 1 aliphatic rings. The van der Waals surface area contributed by atoms with E-state index in [1.165, 1.54) is 48.9 Å². The van der Waals surface area contributed by atoms with Gasteiger partial charge in [-0.05, 0) is 43.2 Å². The molecule has 32 heavy (non-hydrogen) atoms. The summed E-state index contributed by atoms with van der Waals surface area (Å²) in [6.07, 6.45) is 0.993. The first-order valence-electron chi connectivity index (χ1n) is 9.94. The molecule has 0 aromatic heterocycles. The van der Waals surface area contributed by atoms with Gasteiger partial charge in [0.15, 0.2) is 0 Å². The Morgan fingerprint density at radius 3 is 2.34 bits per heavy atom. The highest BCUT2D eigenvalue weighted by Gasteiger charge is 2.33. The van der Waals surface area contributed by atoms with Gasteiger partial charge >= 0.3 is 11.9 Å². The maximum atomic E-state index is 13.0. The number of piperidine rings is 1. The van der Waals surface area contributed by atoms with Gasteiger partial charge < -0.3 is 14.8 Å². The lowest BCUT2D eigenvalue weighted by molar-refractivity contribution is -0.120. The lowest BCUT2D eigenvalue weighted by Gasteiger charge is -2.31. The minimum atomic E-state index is -3.73. The number of rotatable bonds is 6. The third kappa shape index (κ3) is 4.97. The highest BCUT2D eigenvalue weighted by atomic mass is 32.2. The Hall–Kier alpha value is -3.24. The Morgan fingerprint density at radius 1 is 1.00 bits per heavy atom. The predicted octanol–water partition coefficient (Wildman–Crippen LogP) is 2.30. The Balaban J connectivity index is 1.82. The van der Waals surface area contributed by atoms with Gasteiger partial charge in [0.1, 0.15) is 0 Å². The number of benzene rings is 2. The van der Waals surface area contributed by atoms with E-state index in [2.05, 4.69) is 5.32 Å². The molecule has 9 nitrogen and oxygen atoms in total. The van der Waals surface area contributed by atoms with Gasteiger partial charge in [-0.3, -0.25) is 4.79 Å². The summed E-state index contributed by atoms with van der Waals surface area (Å²) >= 11 is 0. The van der Waals surface area contributed by atoms with Gasteiger partial charge in [0, 0.05) is 13.1 Å². The lowest BCUT2D eigenvalue weighted by Crippen LogP contribution is -2.43. The maximum Gasteiger partial charge on any atom is 0.339 e. The zero-order chi connectivity index (χ0) is 23.3. The molecule has 0 radical (unpaired) electrons. The van der Waals surface area contributed by atoms with E-state index >= 15 is 0 Å². The monoisotopic (exact) mass is 460 g/mol. The summed E-state index contributed by atoms with van der Waals surface area (Å²) in [7, 11) is -1.31. The number of ether oxygens (including phenoxy) is 2. The molecule has 1 saturated heterocycles. The molecule has 10 heteroatoms. The molecule has 1 heterocycles. The number of carbonyl (C=O) groups is 3. The summed E-state index contributed by atoms with van der Waals surface area (Å²) in [5, 5.41) is 2.66. The van der Waals surface area contributed by atoms with Crippen molar-refractivity contribution in [3.05, 3.63) is 59.7 Å². The second kappa shape index (κ2) is 9.92. The van der Waals surface area contributed by atoms with Crippen molar-refractivity contribution >= 4 is 33.6 Å². The lowest BCUT2D eigenvalue weighted by atomic mass is 9.98. The fourth-order valence-electron chi connectivity index (χ4n) is 3.53. The largest absolute Gasteiger partial charge is 0.465 e. The minimum Gasteiger partial charge on any atom is -0.465 e. The van der Waals surface area contributed by atoms with Crippen LogP contribution in [0, 0.1) is 5.92 Å². The Morgan fingerprint density at radius 2 is 1.69 bits per heavy atom. The number of methoxy groups -OCH3 is 2. The molecule has 1 atom stereocenters. The van der Waals surface area contributed by atoms with Crippen molar-refractivity contribution in [1.82, 2.24) is 4.31 Å². The van der Waals surface area contributed by atoms with Crippen LogP contribution in [0.1, 0.15) is 33.6 Å². The molecule has 1 aliphatic heterocycles. The van der Waals surface area contributed by atoms with Crippen LogP contribution in [0.2, 0.25) is 0 Å². The van der Waals surface area contributed by atoms with Gasteiger partial charge in [-0.2, -0.15) is 4.31 Å². The van der Waals surface area contributed by atoms with Gasteiger partial charge in [-0.1, -0.05) is 18.2 Å². The van der Waals surface area contributed by atoms with Crippen LogP contribution in [0.25, 0.3) is 0 Å². The number of carbonyl (C=O) groups excluding carboxylic acids is 3. The first-order chi connectivity index (χ1) is 15.3. The number of esters is 2. The summed E-state index contributed by atoms with van der Waals surface area (Å²) in [5.74, 6) is -2.40. The van der Waals surface area contributed by atoms with Gasteiger partial charge in [-0.15, -0.1) is 0 Å². The van der Waals surface area contributed by atoms with E-state index in [1.54, 1.807) is 18.2 Å². The van der Waals surface area contributed by atoms with E-state index in [1.807, 2.05) is 0 Å². The van der Waals surface area contributed by atoms with Crippen molar-refractivity contribution in [1.29, 1.82) is 0 Å². The van der Waals surface area contributed by atoms with E-state index < -0.39 is 33.8 Å². The van der Waals surface area contributed by atoms with E-state index in [0.717, 1.165) is 0 Å².